The van der Waals surface area contributed by atoms with Gasteiger partial charge in [0.15, 0.2) is 0 Å². The van der Waals surface area contributed by atoms with Gasteiger partial charge < -0.3 is 10.0 Å². The van der Waals surface area contributed by atoms with Crippen molar-refractivity contribution < 1.29 is 14.7 Å². The van der Waals surface area contributed by atoms with Gasteiger partial charge in [0.1, 0.15) is 6.04 Å². The number of hydrogen-bond donors (Lipinski definition) is 1. The zero-order valence-corrected chi connectivity index (χ0v) is 10.4. The summed E-state index contributed by atoms with van der Waals surface area (Å²) in [5.74, 6) is -1.22. The summed E-state index contributed by atoms with van der Waals surface area (Å²) in [6.07, 6.45) is 1.23. The lowest BCUT2D eigenvalue weighted by atomic mass is 10.1. The maximum Gasteiger partial charge on any atom is 0.326 e. The van der Waals surface area contributed by atoms with Crippen molar-refractivity contribution in [3.8, 4) is 0 Å². The van der Waals surface area contributed by atoms with Gasteiger partial charge in [0.05, 0.1) is 17.0 Å². The predicted octanol–water partition coefficient (Wildman–Crippen LogP) is 0.783. The number of hydrogen-bond acceptors (Lipinski definition) is 4. The Morgan fingerprint density at radius 3 is 2.78 bits per heavy atom. The van der Waals surface area contributed by atoms with E-state index in [1.807, 2.05) is 0 Å². The second kappa shape index (κ2) is 4.72. The van der Waals surface area contributed by atoms with E-state index in [0.29, 0.717) is 29.9 Å². The third kappa shape index (κ3) is 2.18. The number of amides is 1. The van der Waals surface area contributed by atoms with E-state index >= 15 is 0 Å². The van der Waals surface area contributed by atoms with E-state index in [9.17, 15) is 9.59 Å². The summed E-state index contributed by atoms with van der Waals surface area (Å²) in [4.78, 5) is 24.8. The van der Waals surface area contributed by atoms with Crippen LogP contribution in [-0.2, 0) is 4.79 Å². The van der Waals surface area contributed by atoms with Gasteiger partial charge in [0, 0.05) is 6.54 Å². The highest BCUT2D eigenvalue weighted by Crippen LogP contribution is 2.21. The average Bonchev–Trinajstić information content (AvgIpc) is 2.80. The molecule has 1 aromatic heterocycles. The topological polar surface area (TPSA) is 83.4 Å². The lowest BCUT2D eigenvalue weighted by molar-refractivity contribution is -0.141. The number of likely N-dealkylation sites (tertiary alicyclic amines) is 1. The van der Waals surface area contributed by atoms with Gasteiger partial charge in [-0.3, -0.25) is 4.79 Å². The second-order valence-corrected chi connectivity index (χ2v) is 4.48. The highest BCUT2D eigenvalue weighted by atomic mass is 16.4. The molecule has 1 aliphatic rings. The third-order valence-electron chi connectivity index (χ3n) is 3.13. The van der Waals surface area contributed by atoms with Crippen molar-refractivity contribution in [1.29, 1.82) is 0 Å². The van der Waals surface area contributed by atoms with Crippen LogP contribution >= 0.6 is 0 Å². The predicted molar refractivity (Wildman–Crippen MR) is 63.2 cm³/mol. The minimum Gasteiger partial charge on any atom is -0.480 e. The molecular weight excluding hydrogens is 234 g/mol. The van der Waals surface area contributed by atoms with E-state index in [-0.39, 0.29) is 5.91 Å². The number of carboxylic acids is 1. The highest BCUT2D eigenvalue weighted by molar-refractivity contribution is 5.97. The molecule has 0 saturated carbocycles. The van der Waals surface area contributed by atoms with Crippen molar-refractivity contribution in [2.45, 2.75) is 32.7 Å². The maximum atomic E-state index is 12.3. The first-order chi connectivity index (χ1) is 8.50. The number of carbonyl (C=O) groups is 2. The van der Waals surface area contributed by atoms with Crippen molar-refractivity contribution in [1.82, 2.24) is 15.1 Å². The fourth-order valence-corrected chi connectivity index (χ4v) is 2.19. The van der Waals surface area contributed by atoms with E-state index in [0.717, 1.165) is 6.42 Å². The number of aliphatic carboxylic acids is 1. The smallest absolute Gasteiger partial charge is 0.326 e. The number of aryl methyl sites for hydroxylation is 2. The summed E-state index contributed by atoms with van der Waals surface area (Å²) in [6.45, 7) is 3.93. The van der Waals surface area contributed by atoms with E-state index in [2.05, 4.69) is 10.2 Å². The van der Waals surface area contributed by atoms with Gasteiger partial charge in [0.25, 0.3) is 5.91 Å². The molecular formula is C12H15N3O3. The molecule has 0 spiro atoms. The number of rotatable bonds is 2. The van der Waals surface area contributed by atoms with Crippen LogP contribution in [-0.4, -0.2) is 44.7 Å². The Kier molecular flexibility index (Phi) is 3.27. The molecule has 1 unspecified atom stereocenters. The molecule has 6 heteroatoms. The quantitative estimate of drug-likeness (QED) is 0.837. The van der Waals surface area contributed by atoms with Crippen LogP contribution in [0.25, 0.3) is 0 Å². The first-order valence-corrected chi connectivity index (χ1v) is 5.85. The van der Waals surface area contributed by atoms with Crippen molar-refractivity contribution in [3.63, 3.8) is 0 Å². The minimum atomic E-state index is -0.947. The van der Waals surface area contributed by atoms with Crippen LogP contribution in [0, 0.1) is 13.8 Å². The Morgan fingerprint density at radius 1 is 1.39 bits per heavy atom. The van der Waals surface area contributed by atoms with Crippen LogP contribution in [0.15, 0.2) is 6.07 Å². The monoisotopic (exact) mass is 249 g/mol. The average molecular weight is 249 g/mol. The molecule has 0 radical (unpaired) electrons. The standard InChI is InChI=1S/C12H15N3O3/c1-7-6-9(8(2)14-13-7)11(16)15-5-3-4-10(15)12(17)18/h6,10H,3-5H2,1-2H3,(H,17,18). The Hall–Kier alpha value is -1.98. The SMILES string of the molecule is Cc1cc(C(=O)N2CCCC2C(=O)O)c(C)nn1. The van der Waals surface area contributed by atoms with E-state index < -0.39 is 12.0 Å². The van der Waals surface area contributed by atoms with Crippen molar-refractivity contribution in [2.75, 3.05) is 6.54 Å². The molecule has 1 atom stereocenters. The Bertz CT molecular complexity index is 501. The molecule has 2 rings (SSSR count). The van der Waals surface area contributed by atoms with Gasteiger partial charge in [-0.25, -0.2) is 4.79 Å². The molecule has 96 valence electrons. The number of aromatic nitrogens is 2. The summed E-state index contributed by atoms with van der Waals surface area (Å²) in [7, 11) is 0. The molecule has 0 aliphatic carbocycles. The van der Waals surface area contributed by atoms with Gasteiger partial charge in [0.2, 0.25) is 0 Å². The number of carbonyl (C=O) groups excluding carboxylic acids is 1. The van der Waals surface area contributed by atoms with Gasteiger partial charge in [-0.05, 0) is 32.8 Å². The first kappa shape index (κ1) is 12.5. The molecule has 2 heterocycles. The molecule has 1 N–H and O–H groups in total. The molecule has 0 aromatic carbocycles. The molecule has 6 nitrogen and oxygen atoms in total. The highest BCUT2D eigenvalue weighted by Gasteiger charge is 2.35. The van der Waals surface area contributed by atoms with Gasteiger partial charge in [-0.2, -0.15) is 10.2 Å². The van der Waals surface area contributed by atoms with Crippen LogP contribution in [0.2, 0.25) is 0 Å². The zero-order chi connectivity index (χ0) is 13.3. The minimum absolute atomic E-state index is 0.268. The van der Waals surface area contributed by atoms with Crippen molar-refractivity contribution in [2.24, 2.45) is 0 Å². The van der Waals surface area contributed by atoms with Crippen LogP contribution < -0.4 is 0 Å². The van der Waals surface area contributed by atoms with Crippen LogP contribution in [0.5, 0.6) is 0 Å². The van der Waals surface area contributed by atoms with Crippen molar-refractivity contribution in [3.05, 3.63) is 23.0 Å². The maximum absolute atomic E-state index is 12.3. The fourth-order valence-electron chi connectivity index (χ4n) is 2.19. The molecule has 1 fully saturated rings. The molecule has 1 amide bonds. The summed E-state index contributed by atoms with van der Waals surface area (Å²) in [5.41, 5.74) is 1.62. The third-order valence-corrected chi connectivity index (χ3v) is 3.13. The normalized spacial score (nSPS) is 19.0. The largest absolute Gasteiger partial charge is 0.480 e. The van der Waals surface area contributed by atoms with Crippen LogP contribution in [0.3, 0.4) is 0 Å². The summed E-state index contributed by atoms with van der Waals surface area (Å²) in [5, 5.41) is 16.8. The lowest BCUT2D eigenvalue weighted by Gasteiger charge is -2.21. The Morgan fingerprint density at radius 2 is 2.11 bits per heavy atom. The number of carboxylic acid groups (broad SMARTS) is 1. The Balaban J connectivity index is 2.31. The second-order valence-electron chi connectivity index (χ2n) is 4.48. The molecule has 0 bridgehead atoms. The lowest BCUT2D eigenvalue weighted by Crippen LogP contribution is -2.40. The van der Waals surface area contributed by atoms with Crippen LogP contribution in [0.4, 0.5) is 0 Å². The molecule has 1 aromatic rings. The van der Waals surface area contributed by atoms with E-state index in [4.69, 9.17) is 5.11 Å². The van der Waals surface area contributed by atoms with Crippen LogP contribution in [0.1, 0.15) is 34.6 Å². The van der Waals surface area contributed by atoms with Gasteiger partial charge in [-0.15, -0.1) is 0 Å². The molecule has 18 heavy (non-hydrogen) atoms. The van der Waals surface area contributed by atoms with Crippen molar-refractivity contribution >= 4 is 11.9 Å². The summed E-state index contributed by atoms with van der Waals surface area (Å²) in [6, 6.07) is 0.937. The first-order valence-electron chi connectivity index (χ1n) is 5.85. The Labute approximate surface area is 105 Å². The number of nitrogens with zero attached hydrogens (tertiary/aromatic N) is 3. The van der Waals surface area contributed by atoms with E-state index in [1.54, 1.807) is 19.9 Å². The molecule has 1 aliphatic heterocycles. The molecule has 1 saturated heterocycles. The fraction of sp³-hybridized carbons (Fsp3) is 0.500. The van der Waals surface area contributed by atoms with E-state index in [1.165, 1.54) is 4.90 Å². The van der Waals surface area contributed by atoms with Gasteiger partial charge in [-0.1, -0.05) is 0 Å². The summed E-state index contributed by atoms with van der Waals surface area (Å²) < 4.78 is 0. The zero-order valence-electron chi connectivity index (χ0n) is 10.4. The van der Waals surface area contributed by atoms with Gasteiger partial charge >= 0.3 is 5.97 Å². The summed E-state index contributed by atoms with van der Waals surface area (Å²) >= 11 is 0.